The Morgan fingerprint density at radius 3 is 1.18 bits per heavy atom. The number of nitrogens with zero attached hydrogens (tertiary/aromatic N) is 1. The normalized spacial score (nSPS) is 10.7. The van der Waals surface area contributed by atoms with Crippen molar-refractivity contribution in [1.29, 1.82) is 0 Å². The molecule has 0 rings (SSSR count). The summed E-state index contributed by atoms with van der Waals surface area (Å²) >= 11 is 0. The quantitative estimate of drug-likeness (QED) is 0.216. The fraction of sp³-hybridized carbons (Fsp3) is 1.00. The first-order valence-corrected chi connectivity index (χ1v) is 3.84. The van der Waals surface area contributed by atoms with Gasteiger partial charge in [-0.25, -0.2) is 8.42 Å². The van der Waals surface area contributed by atoms with Gasteiger partial charge in [0, 0.05) is 0 Å². The van der Waals surface area contributed by atoms with Crippen molar-refractivity contribution < 1.29 is 22.0 Å². The van der Waals surface area contributed by atoms with E-state index >= 15 is 0 Å². The molecule has 0 unspecified atom stereocenters. The maximum Gasteiger partial charge on any atom is 0.215 e. The van der Waals surface area contributed by atoms with E-state index in [1.54, 1.807) is 0 Å². The van der Waals surface area contributed by atoms with Crippen LogP contribution in [0, 0.1) is 0 Å². The first-order valence-electron chi connectivity index (χ1n) is 2.47. The molecule has 0 atom stereocenters. The number of quaternary nitrogens is 1. The van der Waals surface area contributed by atoms with Gasteiger partial charge in [-0.1, -0.05) is 0 Å². The molecule has 0 saturated carbocycles. The minimum absolute atomic E-state index is 0. The Kier molecular flexibility index (Phi) is 9.43. The van der Waals surface area contributed by atoms with Gasteiger partial charge in [0.1, 0.15) is 0 Å². The molecule has 1 N–H and O–H groups in total. The lowest BCUT2D eigenvalue weighted by atomic mass is 10.8. The molecule has 0 spiro atoms. The molecule has 0 aromatic rings. The van der Waals surface area contributed by atoms with E-state index in [-0.39, 0.29) is 17.4 Å². The molecule has 0 bridgehead atoms. The van der Waals surface area contributed by atoms with E-state index in [0.29, 0.717) is 0 Å². The Labute approximate surface area is 78.3 Å². The summed E-state index contributed by atoms with van der Waals surface area (Å²) in [6.07, 6.45) is 0. The molecule has 0 saturated heterocycles. The van der Waals surface area contributed by atoms with Crippen molar-refractivity contribution in [3.63, 3.8) is 0 Å². The second kappa shape index (κ2) is 5.94. The summed E-state index contributed by atoms with van der Waals surface area (Å²) in [4.78, 5) is 0. The molecule has 0 amide bonds. The molecule has 0 aliphatic carbocycles. The number of rotatable bonds is 0. The Balaban J connectivity index is -0.000000107. The highest BCUT2D eigenvalue weighted by Gasteiger charge is 1.88. The highest BCUT2D eigenvalue weighted by molar-refractivity contribution is 7.79. The minimum Gasteiger partial charge on any atom is -0.726 e. The summed E-state index contributed by atoms with van der Waals surface area (Å²) in [5, 5.41) is 0. The molecule has 0 radical (unpaired) electrons. The molecule has 0 aromatic carbocycles. The van der Waals surface area contributed by atoms with Crippen molar-refractivity contribution in [2.75, 3.05) is 28.2 Å². The van der Waals surface area contributed by atoms with Crippen LogP contribution in [0.4, 0.5) is 0 Å². The van der Waals surface area contributed by atoms with E-state index in [1.165, 1.54) is 0 Å². The molecule has 0 heterocycles. The largest absolute Gasteiger partial charge is 0.726 e. The Morgan fingerprint density at radius 2 is 1.18 bits per heavy atom. The van der Waals surface area contributed by atoms with Crippen molar-refractivity contribution in [1.82, 2.24) is 0 Å². The first kappa shape index (κ1) is 17.4. The van der Waals surface area contributed by atoms with Crippen LogP contribution in [0.15, 0.2) is 0 Å². The van der Waals surface area contributed by atoms with Gasteiger partial charge in [0.25, 0.3) is 0 Å². The Bertz CT molecular complexity index is 157. The summed E-state index contributed by atoms with van der Waals surface area (Å²) in [7, 11) is 3.58. The smallest absolute Gasteiger partial charge is 0.215 e. The molecule has 0 aliphatic heterocycles. The third-order valence-corrected chi connectivity index (χ3v) is 0. The molecule has 11 heavy (non-hydrogen) atoms. The molecule has 0 aromatic heterocycles. The van der Waals surface area contributed by atoms with Gasteiger partial charge in [-0.3, -0.25) is 4.55 Å². The van der Waals surface area contributed by atoms with Crippen LogP contribution in [0.1, 0.15) is 0 Å². The highest BCUT2D eigenvalue weighted by atomic mass is 32.3. The lowest BCUT2D eigenvalue weighted by Gasteiger charge is -2.14. The van der Waals surface area contributed by atoms with E-state index in [1.807, 2.05) is 0 Å². The van der Waals surface area contributed by atoms with Gasteiger partial charge in [0.2, 0.25) is 10.4 Å². The highest BCUT2D eigenvalue weighted by Crippen LogP contribution is 1.73. The monoisotopic (exact) mass is 201 g/mol. The van der Waals surface area contributed by atoms with Gasteiger partial charge in [0.05, 0.1) is 28.2 Å². The third-order valence-electron chi connectivity index (χ3n) is 0. The van der Waals surface area contributed by atoms with Gasteiger partial charge in [0.15, 0.2) is 17.4 Å². The van der Waals surface area contributed by atoms with E-state index in [0.717, 1.165) is 4.48 Å². The zero-order chi connectivity index (χ0) is 9.00. The van der Waals surface area contributed by atoms with Crippen LogP contribution in [0.5, 0.6) is 0 Å². The summed E-state index contributed by atoms with van der Waals surface area (Å²) < 4.78 is 33.8. The SMILES string of the molecule is C[N+](C)(C)C.O=S(=O)([O-])O.[AlH3]. The lowest BCUT2D eigenvalue weighted by molar-refractivity contribution is -0.849. The standard InChI is InChI=1S/C4H12N.Al.H2O4S.3H/c1-5(2,3)4;;1-5(2,3)4;;;/h1-4H3;;(H2,1,2,3,4);;;/q+1;;;;;/p-1. The number of hydrogen-bond acceptors (Lipinski definition) is 3. The molecular formula is C4H16AlNO4S. The predicted octanol–water partition coefficient (Wildman–Crippen LogP) is -1.86. The van der Waals surface area contributed by atoms with Crippen LogP contribution >= 0.6 is 0 Å². The average Bonchev–Trinajstić information content (AvgIpc) is 1.12. The maximum absolute atomic E-state index is 8.63. The van der Waals surface area contributed by atoms with E-state index < -0.39 is 10.4 Å². The Morgan fingerprint density at radius 1 is 1.18 bits per heavy atom. The van der Waals surface area contributed by atoms with Gasteiger partial charge in [-0.2, -0.15) is 0 Å². The fourth-order valence-corrected chi connectivity index (χ4v) is 0. The van der Waals surface area contributed by atoms with Crippen molar-refractivity contribution in [2.45, 2.75) is 0 Å². The number of hydrogen-bond donors (Lipinski definition) is 1. The van der Waals surface area contributed by atoms with Crippen molar-refractivity contribution >= 4 is 27.8 Å². The molecule has 0 aliphatic rings. The van der Waals surface area contributed by atoms with Crippen LogP contribution in [0.2, 0.25) is 0 Å². The van der Waals surface area contributed by atoms with Gasteiger partial charge in [-0.05, 0) is 0 Å². The second-order valence-electron chi connectivity index (χ2n) is 3.11. The van der Waals surface area contributed by atoms with Crippen LogP contribution in [-0.2, 0) is 10.4 Å². The van der Waals surface area contributed by atoms with E-state index in [2.05, 4.69) is 28.2 Å². The third kappa shape index (κ3) is 5520. The topological polar surface area (TPSA) is 77.4 Å². The van der Waals surface area contributed by atoms with Gasteiger partial charge < -0.3 is 9.04 Å². The first-order chi connectivity index (χ1) is 4.00. The summed E-state index contributed by atoms with van der Waals surface area (Å²) in [6.45, 7) is 0. The van der Waals surface area contributed by atoms with Crippen LogP contribution in [0.25, 0.3) is 0 Å². The van der Waals surface area contributed by atoms with Crippen molar-refractivity contribution in [3.05, 3.63) is 0 Å². The minimum atomic E-state index is -4.92. The Hall–Kier alpha value is 0.362. The van der Waals surface area contributed by atoms with Crippen molar-refractivity contribution in [3.8, 4) is 0 Å². The van der Waals surface area contributed by atoms with Crippen molar-refractivity contribution in [2.24, 2.45) is 0 Å². The molecular weight excluding hydrogens is 185 g/mol. The summed E-state index contributed by atoms with van der Waals surface area (Å²) in [6, 6.07) is 0. The van der Waals surface area contributed by atoms with E-state index in [4.69, 9.17) is 17.5 Å². The maximum atomic E-state index is 8.63. The van der Waals surface area contributed by atoms with Gasteiger partial charge >= 0.3 is 0 Å². The van der Waals surface area contributed by atoms with E-state index in [9.17, 15) is 0 Å². The zero-order valence-electron chi connectivity index (χ0n) is 6.53. The van der Waals surface area contributed by atoms with Crippen LogP contribution in [0.3, 0.4) is 0 Å². The molecule has 70 valence electrons. The molecule has 0 fully saturated rings. The predicted molar refractivity (Wildman–Crippen MR) is 46.2 cm³/mol. The summed E-state index contributed by atoms with van der Waals surface area (Å²) in [5.74, 6) is 0. The molecule has 7 heteroatoms. The summed E-state index contributed by atoms with van der Waals surface area (Å²) in [5.41, 5.74) is 0. The fourth-order valence-electron chi connectivity index (χ4n) is 0. The lowest BCUT2D eigenvalue weighted by Crippen LogP contribution is -2.27. The average molecular weight is 201 g/mol. The molecule has 5 nitrogen and oxygen atoms in total. The second-order valence-corrected chi connectivity index (χ2v) is 3.97. The van der Waals surface area contributed by atoms with Crippen LogP contribution < -0.4 is 0 Å². The van der Waals surface area contributed by atoms with Crippen LogP contribution in [-0.4, -0.2) is 67.6 Å². The van der Waals surface area contributed by atoms with Gasteiger partial charge in [-0.15, -0.1) is 0 Å². The zero-order valence-corrected chi connectivity index (χ0v) is 7.34.